The van der Waals surface area contributed by atoms with Crippen LogP contribution in [-0.2, 0) is 9.59 Å². The number of aliphatic imine (C=N–C) groups is 1. The molecular weight excluding hydrogens is 406 g/mol. The number of rotatable bonds is 12. The van der Waals surface area contributed by atoms with E-state index in [1.165, 1.54) is 23.1 Å². The van der Waals surface area contributed by atoms with Crippen LogP contribution in [0.15, 0.2) is 53.2 Å². The first-order valence-corrected chi connectivity index (χ1v) is 8.67. The molecule has 0 aliphatic heterocycles. The molecule has 0 heterocycles. The monoisotopic (exact) mass is 427 g/mol. The molecule has 0 saturated carbocycles. The molecule has 0 spiro atoms. The quantitative estimate of drug-likeness (QED) is 0.156. The largest absolute Gasteiger partial charge is 0.420 e. The number of nitrogens with zero attached hydrogens (tertiary/aromatic N) is 2. The number of carbonyl (C=O) groups excluding carboxylic acids is 2. The van der Waals surface area contributed by atoms with Gasteiger partial charge in [-0.25, -0.2) is 9.38 Å². The first kappa shape index (κ1) is 24.5. The predicted octanol–water partition coefficient (Wildman–Crippen LogP) is 2.15. The Kier molecular flexibility index (Phi) is 9.93. The SMILES string of the molecule is N=C(\C=C(/C(N)=N\C=C\CCN(C=O)CCNC=O)C(F)(F)F)c1ccc(F)cc1. The maximum Gasteiger partial charge on any atom is 0.420 e. The van der Waals surface area contributed by atoms with E-state index in [-0.39, 0.29) is 25.2 Å². The van der Waals surface area contributed by atoms with Crippen LogP contribution in [0.2, 0.25) is 0 Å². The van der Waals surface area contributed by atoms with Gasteiger partial charge in [0, 0.05) is 25.8 Å². The van der Waals surface area contributed by atoms with Crippen LogP contribution in [0.5, 0.6) is 0 Å². The zero-order valence-corrected chi connectivity index (χ0v) is 15.8. The number of amidine groups is 1. The number of carbonyl (C=O) groups is 2. The van der Waals surface area contributed by atoms with Crippen LogP contribution in [0.4, 0.5) is 17.6 Å². The van der Waals surface area contributed by atoms with Crippen molar-refractivity contribution < 1.29 is 27.2 Å². The summed E-state index contributed by atoms with van der Waals surface area (Å²) in [6.07, 6.45) is -0.445. The minimum atomic E-state index is -4.85. The van der Waals surface area contributed by atoms with Crippen LogP contribution in [0.1, 0.15) is 12.0 Å². The number of benzene rings is 1. The molecule has 0 bridgehead atoms. The summed E-state index contributed by atoms with van der Waals surface area (Å²) >= 11 is 0. The molecule has 30 heavy (non-hydrogen) atoms. The van der Waals surface area contributed by atoms with Gasteiger partial charge in [-0.05, 0) is 42.3 Å². The van der Waals surface area contributed by atoms with E-state index in [1.807, 2.05) is 0 Å². The Morgan fingerprint density at radius 3 is 2.43 bits per heavy atom. The van der Waals surface area contributed by atoms with Gasteiger partial charge in [-0.1, -0.05) is 6.08 Å². The van der Waals surface area contributed by atoms with Crippen LogP contribution in [0.25, 0.3) is 0 Å². The van der Waals surface area contributed by atoms with Crippen molar-refractivity contribution in [2.24, 2.45) is 10.7 Å². The number of hydrogen-bond donors (Lipinski definition) is 3. The van der Waals surface area contributed by atoms with Crippen molar-refractivity contribution >= 4 is 24.4 Å². The number of nitrogens with one attached hydrogen (secondary N) is 2. The van der Waals surface area contributed by atoms with Gasteiger partial charge in [-0.2, -0.15) is 13.2 Å². The van der Waals surface area contributed by atoms with Crippen molar-refractivity contribution in [2.75, 3.05) is 19.6 Å². The molecule has 1 rings (SSSR count). The lowest BCUT2D eigenvalue weighted by Crippen LogP contribution is -2.31. The molecule has 1 aromatic rings. The third kappa shape index (κ3) is 8.67. The van der Waals surface area contributed by atoms with E-state index in [0.29, 0.717) is 25.3 Å². The fraction of sp³-hybridized carbons (Fsp3) is 0.263. The fourth-order valence-electron chi connectivity index (χ4n) is 2.16. The van der Waals surface area contributed by atoms with Crippen LogP contribution >= 0.6 is 0 Å². The second-order valence-corrected chi connectivity index (χ2v) is 5.88. The zero-order valence-electron chi connectivity index (χ0n) is 15.8. The van der Waals surface area contributed by atoms with E-state index in [4.69, 9.17) is 11.1 Å². The highest BCUT2D eigenvalue weighted by atomic mass is 19.4. The summed E-state index contributed by atoms with van der Waals surface area (Å²) in [7, 11) is 0. The van der Waals surface area contributed by atoms with Crippen molar-refractivity contribution in [3.8, 4) is 0 Å². The number of alkyl halides is 3. The number of hydrogen-bond acceptors (Lipinski definition) is 4. The van der Waals surface area contributed by atoms with Crippen molar-refractivity contribution in [1.82, 2.24) is 10.2 Å². The minimum absolute atomic E-state index is 0.0829. The van der Waals surface area contributed by atoms with E-state index in [9.17, 15) is 27.2 Å². The Balaban J connectivity index is 2.81. The van der Waals surface area contributed by atoms with Gasteiger partial charge in [0.05, 0.1) is 11.3 Å². The van der Waals surface area contributed by atoms with E-state index in [0.717, 1.165) is 18.3 Å². The fourth-order valence-corrected chi connectivity index (χ4v) is 2.16. The van der Waals surface area contributed by atoms with Crippen LogP contribution < -0.4 is 11.1 Å². The Labute approximate surface area is 170 Å². The normalized spacial score (nSPS) is 12.7. The van der Waals surface area contributed by atoms with Crippen molar-refractivity contribution in [1.29, 1.82) is 5.41 Å². The number of amides is 2. The van der Waals surface area contributed by atoms with Gasteiger partial charge in [-0.15, -0.1) is 0 Å². The number of halogens is 4. The van der Waals surface area contributed by atoms with Gasteiger partial charge in [0.2, 0.25) is 12.8 Å². The highest BCUT2D eigenvalue weighted by molar-refractivity contribution is 6.12. The summed E-state index contributed by atoms with van der Waals surface area (Å²) in [5.74, 6) is -1.42. The van der Waals surface area contributed by atoms with Gasteiger partial charge in [-0.3, -0.25) is 9.59 Å². The molecule has 2 amide bonds. The van der Waals surface area contributed by atoms with Crippen LogP contribution in [0, 0.1) is 11.2 Å². The van der Waals surface area contributed by atoms with Gasteiger partial charge >= 0.3 is 6.18 Å². The lowest BCUT2D eigenvalue weighted by atomic mass is 10.1. The number of nitrogens with two attached hydrogens (primary N) is 1. The standard InChI is InChI=1S/C19H21F4N5O2/c20-15-5-3-14(4-6-15)17(24)11-16(19(21,22)23)18(25)27-7-1-2-9-28(13-30)10-8-26-12-29/h1,3-7,11-13,24H,2,8-10H2,(H2,25,27)(H,26,29)/b7-1+,16-11+,24-17?. The molecular formula is C19H21F4N5O2. The lowest BCUT2D eigenvalue weighted by Gasteiger charge is -2.15. The predicted molar refractivity (Wildman–Crippen MR) is 104 cm³/mol. The average molecular weight is 427 g/mol. The van der Waals surface area contributed by atoms with Crippen molar-refractivity contribution in [2.45, 2.75) is 12.6 Å². The highest BCUT2D eigenvalue weighted by Crippen LogP contribution is 2.26. The van der Waals surface area contributed by atoms with Gasteiger partial charge < -0.3 is 21.4 Å². The van der Waals surface area contributed by atoms with Gasteiger partial charge in [0.25, 0.3) is 0 Å². The van der Waals surface area contributed by atoms with Crippen LogP contribution in [-0.4, -0.2) is 55.1 Å². The Morgan fingerprint density at radius 1 is 1.20 bits per heavy atom. The molecule has 11 heteroatoms. The summed E-state index contributed by atoms with van der Waals surface area (Å²) in [5.41, 5.74) is 3.72. The molecule has 0 aliphatic carbocycles. The molecule has 0 fully saturated rings. The van der Waals surface area contributed by atoms with E-state index < -0.39 is 29.1 Å². The maximum atomic E-state index is 13.3. The van der Waals surface area contributed by atoms with E-state index in [2.05, 4.69) is 10.3 Å². The molecule has 162 valence electrons. The third-order valence-corrected chi connectivity index (χ3v) is 3.70. The average Bonchev–Trinajstić information content (AvgIpc) is 2.69. The molecule has 4 N–H and O–H groups in total. The molecule has 1 aromatic carbocycles. The van der Waals surface area contributed by atoms with Crippen molar-refractivity contribution in [3.63, 3.8) is 0 Å². The minimum Gasteiger partial charge on any atom is -0.383 e. The smallest absolute Gasteiger partial charge is 0.383 e. The highest BCUT2D eigenvalue weighted by Gasteiger charge is 2.36. The van der Waals surface area contributed by atoms with Crippen molar-refractivity contribution in [3.05, 3.63) is 59.6 Å². The second kappa shape index (κ2) is 12.1. The molecule has 0 aliphatic rings. The van der Waals surface area contributed by atoms with Crippen LogP contribution in [0.3, 0.4) is 0 Å². The first-order chi connectivity index (χ1) is 14.2. The van der Waals surface area contributed by atoms with E-state index >= 15 is 0 Å². The Bertz CT molecular complexity index is 817. The summed E-state index contributed by atoms with van der Waals surface area (Å²) in [4.78, 5) is 26.0. The third-order valence-electron chi connectivity index (χ3n) is 3.70. The van der Waals surface area contributed by atoms with Gasteiger partial charge in [0.1, 0.15) is 11.7 Å². The first-order valence-electron chi connectivity index (χ1n) is 8.67. The summed E-state index contributed by atoms with van der Waals surface area (Å²) in [5, 5.41) is 10.2. The molecule has 7 nitrogen and oxygen atoms in total. The molecule has 0 unspecified atom stereocenters. The van der Waals surface area contributed by atoms with E-state index in [1.54, 1.807) is 0 Å². The maximum absolute atomic E-state index is 13.3. The zero-order chi connectivity index (χ0) is 22.6. The molecule has 0 saturated heterocycles. The summed E-state index contributed by atoms with van der Waals surface area (Å²) in [6, 6.07) is 4.42. The number of allylic oxidation sites excluding steroid dienone is 1. The Morgan fingerprint density at radius 2 is 1.87 bits per heavy atom. The molecule has 0 aromatic heterocycles. The Hall–Kier alpha value is -3.50. The molecule has 0 radical (unpaired) electrons. The lowest BCUT2D eigenvalue weighted by molar-refractivity contribution is -0.118. The second-order valence-electron chi connectivity index (χ2n) is 5.88. The summed E-state index contributed by atoms with van der Waals surface area (Å²) < 4.78 is 52.8. The molecule has 0 atom stereocenters. The summed E-state index contributed by atoms with van der Waals surface area (Å²) in [6.45, 7) is 0.831. The van der Waals surface area contributed by atoms with Gasteiger partial charge in [0.15, 0.2) is 0 Å². The topological polar surface area (TPSA) is 112 Å².